The second kappa shape index (κ2) is 6.50. The van der Waals surface area contributed by atoms with E-state index in [1.165, 1.54) is 0 Å². The first-order chi connectivity index (χ1) is 2.77. The van der Waals surface area contributed by atoms with Gasteiger partial charge in [-0.15, -0.1) is 6.42 Å². The summed E-state index contributed by atoms with van der Waals surface area (Å²) in [4.78, 5) is 8.98. The van der Waals surface area contributed by atoms with Crippen molar-refractivity contribution in [2.75, 3.05) is 6.54 Å². The standard InChI is InChI=1S/C3H6NO2.Y/c1-2-3-4(5)6;/h1-3H2;/q-1;+3. The topological polar surface area (TPSA) is 43.1 Å². The number of hydrogen-bond donors (Lipinski definition) is 0. The van der Waals surface area contributed by atoms with E-state index < -0.39 is 0 Å². The van der Waals surface area contributed by atoms with Crippen molar-refractivity contribution >= 4 is 0 Å². The number of nitrogens with zero attached hydrogens (tertiary/aromatic N) is 1. The Bertz CT molecular complexity index is 56.9. The molecule has 0 saturated carbocycles. The van der Waals surface area contributed by atoms with Crippen molar-refractivity contribution in [1.29, 1.82) is 0 Å². The molecule has 36 valence electrons. The van der Waals surface area contributed by atoms with Gasteiger partial charge in [-0.05, 0) is 0 Å². The molecule has 0 amide bonds. The summed E-state index contributed by atoms with van der Waals surface area (Å²) in [7, 11) is 0. The van der Waals surface area contributed by atoms with Gasteiger partial charge in [0.2, 0.25) is 0 Å². The molecular formula is C3H6NO2Y+2. The zero-order valence-corrected chi connectivity index (χ0v) is 6.80. The summed E-state index contributed by atoms with van der Waals surface area (Å²) in [5.41, 5.74) is 0. The van der Waals surface area contributed by atoms with Crippen LogP contribution in [0.3, 0.4) is 0 Å². The summed E-state index contributed by atoms with van der Waals surface area (Å²) in [5.74, 6) is 0. The predicted molar refractivity (Wildman–Crippen MR) is 21.8 cm³/mol. The summed E-state index contributed by atoms with van der Waals surface area (Å²) in [6.45, 7) is 3.27. The minimum atomic E-state index is -0.382. The van der Waals surface area contributed by atoms with Crippen LogP contribution in [0.2, 0.25) is 0 Å². The molecule has 0 aliphatic rings. The van der Waals surface area contributed by atoms with Crippen molar-refractivity contribution in [1.82, 2.24) is 0 Å². The van der Waals surface area contributed by atoms with Crippen LogP contribution in [0.15, 0.2) is 0 Å². The normalized spacial score (nSPS) is 7.00. The first-order valence-corrected chi connectivity index (χ1v) is 1.68. The van der Waals surface area contributed by atoms with E-state index >= 15 is 0 Å². The van der Waals surface area contributed by atoms with Gasteiger partial charge in [0.05, 0.1) is 0 Å². The SMILES string of the molecule is [CH2-]CC[N+](=O)[O-].[Y+3]. The molecule has 0 saturated heterocycles. The van der Waals surface area contributed by atoms with Crippen molar-refractivity contribution in [3.63, 3.8) is 0 Å². The second-order valence-electron chi connectivity index (χ2n) is 0.910. The third-order valence-electron chi connectivity index (χ3n) is 0.341. The minimum absolute atomic E-state index is 0. The molecule has 0 rings (SSSR count). The molecule has 0 aromatic rings. The van der Waals surface area contributed by atoms with E-state index in [0.29, 0.717) is 6.42 Å². The second-order valence-corrected chi connectivity index (χ2v) is 0.910. The fourth-order valence-corrected chi connectivity index (χ4v) is 0.129. The van der Waals surface area contributed by atoms with Crippen molar-refractivity contribution in [2.45, 2.75) is 6.42 Å². The molecule has 0 aromatic carbocycles. The van der Waals surface area contributed by atoms with Gasteiger partial charge in [-0.25, -0.2) is 0 Å². The van der Waals surface area contributed by atoms with Crippen molar-refractivity contribution in [2.24, 2.45) is 0 Å². The van der Waals surface area contributed by atoms with Crippen LogP contribution in [0.5, 0.6) is 0 Å². The van der Waals surface area contributed by atoms with E-state index in [2.05, 4.69) is 6.92 Å². The van der Waals surface area contributed by atoms with Gasteiger partial charge in [-0.1, -0.05) is 0 Å². The van der Waals surface area contributed by atoms with Gasteiger partial charge < -0.3 is 6.92 Å². The molecule has 0 unspecified atom stereocenters. The maximum absolute atomic E-state index is 9.36. The summed E-state index contributed by atoms with van der Waals surface area (Å²) in [6, 6.07) is 0. The van der Waals surface area contributed by atoms with Gasteiger partial charge in [-0.3, -0.25) is 10.1 Å². The molecular weight excluding hydrogens is 171 g/mol. The molecule has 0 atom stereocenters. The summed E-state index contributed by atoms with van der Waals surface area (Å²) in [6.07, 6.45) is 0.382. The molecule has 0 bridgehead atoms. The first kappa shape index (κ1) is 10.5. The zero-order chi connectivity index (χ0) is 4.99. The van der Waals surface area contributed by atoms with Gasteiger partial charge in [0.15, 0.2) is 6.54 Å². The molecule has 0 fully saturated rings. The molecule has 0 aliphatic carbocycles. The molecule has 0 spiro atoms. The van der Waals surface area contributed by atoms with Crippen LogP contribution < -0.4 is 0 Å². The number of nitro groups is 1. The fourth-order valence-electron chi connectivity index (χ4n) is 0.129. The Morgan fingerprint density at radius 2 is 2.14 bits per heavy atom. The van der Waals surface area contributed by atoms with Crippen LogP contribution in [0.25, 0.3) is 0 Å². The minimum Gasteiger partial charge on any atom is -0.337 e. The molecule has 0 heterocycles. The third-order valence-corrected chi connectivity index (χ3v) is 0.341. The molecule has 0 aliphatic heterocycles. The first-order valence-electron chi connectivity index (χ1n) is 1.68. The van der Waals surface area contributed by atoms with E-state index in [1.807, 2.05) is 0 Å². The monoisotopic (exact) mass is 177 g/mol. The molecule has 4 heteroatoms. The Balaban J connectivity index is 0. The molecule has 7 heavy (non-hydrogen) atoms. The van der Waals surface area contributed by atoms with Crippen LogP contribution >= 0.6 is 0 Å². The molecule has 3 nitrogen and oxygen atoms in total. The van der Waals surface area contributed by atoms with E-state index in [0.717, 1.165) is 0 Å². The zero-order valence-electron chi connectivity index (χ0n) is 3.96. The smallest absolute Gasteiger partial charge is 0.337 e. The molecule has 0 radical (unpaired) electrons. The van der Waals surface area contributed by atoms with Gasteiger partial charge in [0.1, 0.15) is 0 Å². The third kappa shape index (κ3) is 10.7. The molecule has 0 aromatic heterocycles. The number of hydrogen-bond acceptors (Lipinski definition) is 2. The quantitative estimate of drug-likeness (QED) is 0.349. The maximum atomic E-state index is 9.36. The van der Waals surface area contributed by atoms with Gasteiger partial charge in [-0.2, -0.15) is 0 Å². The van der Waals surface area contributed by atoms with Crippen molar-refractivity contribution < 1.29 is 37.6 Å². The van der Waals surface area contributed by atoms with Crippen LogP contribution in [0.4, 0.5) is 0 Å². The predicted octanol–water partition coefficient (Wildman–Crippen LogP) is 0.485. The Labute approximate surface area is 67.5 Å². The molecule has 0 N–H and O–H groups in total. The van der Waals surface area contributed by atoms with Gasteiger partial charge in [0.25, 0.3) is 0 Å². The van der Waals surface area contributed by atoms with Crippen LogP contribution in [0.1, 0.15) is 6.42 Å². The Morgan fingerprint density at radius 1 is 1.71 bits per heavy atom. The average molecular weight is 177 g/mol. The largest absolute Gasteiger partial charge is 3.00 e. The van der Waals surface area contributed by atoms with Gasteiger partial charge >= 0.3 is 32.7 Å². The van der Waals surface area contributed by atoms with E-state index in [4.69, 9.17) is 0 Å². The van der Waals surface area contributed by atoms with Crippen molar-refractivity contribution in [3.05, 3.63) is 17.0 Å². The van der Waals surface area contributed by atoms with E-state index in [1.54, 1.807) is 0 Å². The van der Waals surface area contributed by atoms with Crippen LogP contribution in [-0.2, 0) is 32.7 Å². The maximum Gasteiger partial charge on any atom is 3.00 e. The van der Waals surface area contributed by atoms with Crippen molar-refractivity contribution in [3.8, 4) is 0 Å². The van der Waals surface area contributed by atoms with E-state index in [-0.39, 0.29) is 44.2 Å². The Kier molecular flexibility index (Phi) is 9.74. The van der Waals surface area contributed by atoms with Gasteiger partial charge in [0, 0.05) is 4.92 Å². The van der Waals surface area contributed by atoms with E-state index in [9.17, 15) is 10.1 Å². The van der Waals surface area contributed by atoms with Crippen LogP contribution in [0, 0.1) is 17.0 Å². The summed E-state index contributed by atoms with van der Waals surface area (Å²) in [5, 5.41) is 9.36. The summed E-state index contributed by atoms with van der Waals surface area (Å²) >= 11 is 0. The summed E-state index contributed by atoms with van der Waals surface area (Å²) < 4.78 is 0. The Hall–Kier alpha value is 0.504. The fraction of sp³-hybridized carbons (Fsp3) is 0.667. The van der Waals surface area contributed by atoms with Crippen LogP contribution in [-0.4, -0.2) is 11.5 Å². The average Bonchev–Trinajstić information content (AvgIpc) is 1.35. The Morgan fingerprint density at radius 3 is 2.14 bits per heavy atom. The number of rotatable bonds is 2.